The van der Waals surface area contributed by atoms with Gasteiger partial charge in [-0.15, -0.1) is 11.3 Å². The molecule has 1 heterocycles. The number of carbonyl (C=O) groups is 1. The highest BCUT2D eigenvalue weighted by atomic mass is 32.1. The van der Waals surface area contributed by atoms with E-state index >= 15 is 0 Å². The average molecular weight is 300 g/mol. The zero-order chi connectivity index (χ0) is 14.7. The summed E-state index contributed by atoms with van der Waals surface area (Å²) in [5.41, 5.74) is 2.49. The van der Waals surface area contributed by atoms with E-state index in [9.17, 15) is 4.79 Å². The van der Waals surface area contributed by atoms with Gasteiger partial charge in [-0.3, -0.25) is 4.79 Å². The molecule has 0 unspecified atom stereocenters. The van der Waals surface area contributed by atoms with Crippen LogP contribution in [0.15, 0.2) is 35.8 Å². The van der Waals surface area contributed by atoms with Crippen LogP contribution in [0.2, 0.25) is 0 Å². The van der Waals surface area contributed by atoms with Crippen LogP contribution in [0.4, 0.5) is 0 Å². The number of aromatic nitrogens is 1. The lowest BCUT2D eigenvalue weighted by atomic mass is 10.1. The van der Waals surface area contributed by atoms with Gasteiger partial charge >= 0.3 is 0 Å². The van der Waals surface area contributed by atoms with Crippen LogP contribution >= 0.6 is 11.3 Å². The second-order valence-corrected chi connectivity index (χ2v) is 6.64. The van der Waals surface area contributed by atoms with Gasteiger partial charge in [-0.25, -0.2) is 4.98 Å². The number of aryl methyl sites for hydroxylation is 2. The average Bonchev–Trinajstić information content (AvgIpc) is 3.20. The summed E-state index contributed by atoms with van der Waals surface area (Å²) in [7, 11) is 0. The van der Waals surface area contributed by atoms with E-state index in [0.29, 0.717) is 19.0 Å². The van der Waals surface area contributed by atoms with Gasteiger partial charge in [-0.2, -0.15) is 0 Å². The molecule has 4 heteroatoms. The molecule has 21 heavy (non-hydrogen) atoms. The van der Waals surface area contributed by atoms with Gasteiger partial charge in [0, 0.05) is 24.0 Å². The van der Waals surface area contributed by atoms with E-state index in [2.05, 4.69) is 36.2 Å². The number of carbonyl (C=O) groups excluding carboxylic acids is 1. The maximum Gasteiger partial charge on any atom is 0.223 e. The zero-order valence-electron chi connectivity index (χ0n) is 12.3. The third-order valence-electron chi connectivity index (χ3n) is 3.85. The van der Waals surface area contributed by atoms with Crippen molar-refractivity contribution in [2.24, 2.45) is 0 Å². The summed E-state index contributed by atoms with van der Waals surface area (Å²) >= 11 is 1.62. The Balaban J connectivity index is 1.58. The van der Waals surface area contributed by atoms with Crippen LogP contribution in [0.3, 0.4) is 0 Å². The van der Waals surface area contributed by atoms with Crippen molar-refractivity contribution in [1.82, 2.24) is 9.88 Å². The van der Waals surface area contributed by atoms with Crippen LogP contribution in [0.1, 0.15) is 35.4 Å². The third kappa shape index (κ3) is 3.91. The smallest absolute Gasteiger partial charge is 0.223 e. The topological polar surface area (TPSA) is 33.2 Å². The van der Waals surface area contributed by atoms with Crippen molar-refractivity contribution in [2.45, 2.75) is 45.2 Å². The van der Waals surface area contributed by atoms with Crippen LogP contribution < -0.4 is 0 Å². The molecule has 1 aliphatic carbocycles. The van der Waals surface area contributed by atoms with Crippen LogP contribution in [0, 0.1) is 6.92 Å². The highest BCUT2D eigenvalue weighted by Crippen LogP contribution is 2.29. The summed E-state index contributed by atoms with van der Waals surface area (Å²) in [5, 5.41) is 3.00. The minimum absolute atomic E-state index is 0.258. The van der Waals surface area contributed by atoms with Crippen LogP contribution in [-0.2, 0) is 17.8 Å². The minimum atomic E-state index is 0.258. The van der Waals surface area contributed by atoms with Crippen LogP contribution in [0.5, 0.6) is 0 Å². The van der Waals surface area contributed by atoms with Crippen molar-refractivity contribution >= 4 is 17.2 Å². The van der Waals surface area contributed by atoms with Crippen molar-refractivity contribution < 1.29 is 4.79 Å². The van der Waals surface area contributed by atoms with Gasteiger partial charge in [0.15, 0.2) is 0 Å². The molecule has 3 rings (SSSR count). The number of benzene rings is 1. The lowest BCUT2D eigenvalue weighted by Gasteiger charge is -2.21. The van der Waals surface area contributed by atoms with Gasteiger partial charge in [0.25, 0.3) is 0 Å². The quantitative estimate of drug-likeness (QED) is 0.817. The van der Waals surface area contributed by atoms with E-state index in [4.69, 9.17) is 0 Å². The van der Waals surface area contributed by atoms with Gasteiger partial charge < -0.3 is 4.90 Å². The summed E-state index contributed by atoms with van der Waals surface area (Å²) in [6.45, 7) is 2.76. The zero-order valence-corrected chi connectivity index (χ0v) is 13.1. The Labute approximate surface area is 129 Å². The molecule has 0 atom stereocenters. The molecule has 0 N–H and O–H groups in total. The molecule has 1 aromatic carbocycles. The van der Waals surface area contributed by atoms with E-state index in [0.717, 1.165) is 24.3 Å². The van der Waals surface area contributed by atoms with Crippen LogP contribution in [0.25, 0.3) is 0 Å². The number of hydrogen-bond donors (Lipinski definition) is 0. The Morgan fingerprint density at radius 1 is 1.33 bits per heavy atom. The first-order valence-corrected chi connectivity index (χ1v) is 8.34. The van der Waals surface area contributed by atoms with Crippen molar-refractivity contribution in [3.05, 3.63) is 52.0 Å². The number of nitrogens with zero attached hydrogens (tertiary/aromatic N) is 2. The van der Waals surface area contributed by atoms with Gasteiger partial charge in [0.1, 0.15) is 5.01 Å². The van der Waals surface area contributed by atoms with Crippen molar-refractivity contribution in [1.29, 1.82) is 0 Å². The molecule has 3 nitrogen and oxygen atoms in total. The summed E-state index contributed by atoms with van der Waals surface area (Å²) < 4.78 is 0. The van der Waals surface area contributed by atoms with Gasteiger partial charge in [0.2, 0.25) is 5.91 Å². The summed E-state index contributed by atoms with van der Waals surface area (Å²) in [6, 6.07) is 8.89. The fourth-order valence-electron chi connectivity index (χ4n) is 2.43. The first-order chi connectivity index (χ1) is 10.2. The lowest BCUT2D eigenvalue weighted by Crippen LogP contribution is -2.32. The molecule has 0 radical (unpaired) electrons. The van der Waals surface area contributed by atoms with E-state index in [1.807, 2.05) is 16.5 Å². The molecule has 1 saturated carbocycles. The highest BCUT2D eigenvalue weighted by Gasteiger charge is 2.32. The SMILES string of the molecule is Cc1ccc(CCC(=O)N(Cc2nccs2)C2CC2)cc1. The predicted molar refractivity (Wildman–Crippen MR) is 85.2 cm³/mol. The Hall–Kier alpha value is -1.68. The second kappa shape index (κ2) is 6.39. The minimum Gasteiger partial charge on any atom is -0.333 e. The molecule has 1 fully saturated rings. The fourth-order valence-corrected chi connectivity index (χ4v) is 3.05. The number of hydrogen-bond acceptors (Lipinski definition) is 3. The van der Waals surface area contributed by atoms with E-state index in [1.54, 1.807) is 11.3 Å². The highest BCUT2D eigenvalue weighted by molar-refractivity contribution is 7.09. The predicted octanol–water partition coefficient (Wildman–Crippen LogP) is 3.58. The monoisotopic (exact) mass is 300 g/mol. The van der Waals surface area contributed by atoms with Gasteiger partial charge in [-0.05, 0) is 31.7 Å². The standard InChI is InChI=1S/C17H20N2OS/c1-13-2-4-14(5-3-13)6-9-17(20)19(15-7-8-15)12-16-18-10-11-21-16/h2-5,10-11,15H,6-9,12H2,1H3. The van der Waals surface area contributed by atoms with Gasteiger partial charge in [-0.1, -0.05) is 29.8 Å². The maximum atomic E-state index is 12.5. The van der Waals surface area contributed by atoms with Crippen LogP contribution in [-0.4, -0.2) is 21.8 Å². The molecule has 0 aliphatic heterocycles. The van der Waals surface area contributed by atoms with E-state index in [1.165, 1.54) is 11.1 Å². The van der Waals surface area contributed by atoms with Crippen molar-refractivity contribution in [3.63, 3.8) is 0 Å². The molecule has 0 spiro atoms. The molecule has 110 valence electrons. The molecule has 0 saturated heterocycles. The van der Waals surface area contributed by atoms with Crippen molar-refractivity contribution in [2.75, 3.05) is 0 Å². The fraction of sp³-hybridized carbons (Fsp3) is 0.412. The Kier molecular flexibility index (Phi) is 4.34. The molecule has 2 aromatic rings. The van der Waals surface area contributed by atoms with Gasteiger partial charge in [0.05, 0.1) is 6.54 Å². The molecular formula is C17H20N2OS. The molecule has 1 aliphatic rings. The maximum absolute atomic E-state index is 12.5. The third-order valence-corrected chi connectivity index (χ3v) is 4.61. The lowest BCUT2D eigenvalue weighted by molar-refractivity contribution is -0.132. The normalized spacial score (nSPS) is 14.1. The Morgan fingerprint density at radius 2 is 2.10 bits per heavy atom. The number of thiazole rings is 1. The largest absolute Gasteiger partial charge is 0.333 e. The summed E-state index contributed by atoms with van der Waals surface area (Å²) in [5.74, 6) is 0.258. The second-order valence-electron chi connectivity index (χ2n) is 5.66. The Bertz CT molecular complexity index is 588. The molecular weight excluding hydrogens is 280 g/mol. The first-order valence-electron chi connectivity index (χ1n) is 7.46. The number of rotatable bonds is 6. The molecule has 1 amide bonds. The summed E-state index contributed by atoms with van der Waals surface area (Å²) in [4.78, 5) is 18.8. The van der Waals surface area contributed by atoms with Crippen molar-refractivity contribution in [3.8, 4) is 0 Å². The Morgan fingerprint density at radius 3 is 2.71 bits per heavy atom. The first kappa shape index (κ1) is 14.3. The summed E-state index contributed by atoms with van der Waals surface area (Å²) in [6.07, 6.45) is 5.50. The molecule has 0 bridgehead atoms. The van der Waals surface area contributed by atoms with E-state index < -0.39 is 0 Å². The number of amides is 1. The molecule has 1 aromatic heterocycles. The van der Waals surface area contributed by atoms with E-state index in [-0.39, 0.29) is 5.91 Å².